The quantitative estimate of drug-likeness (QED) is 0.735. The van der Waals surface area contributed by atoms with Crippen molar-refractivity contribution in [2.45, 2.75) is 18.2 Å². The molecule has 0 bridgehead atoms. The van der Waals surface area contributed by atoms with Crippen LogP contribution in [0.1, 0.15) is 11.9 Å². The maximum absolute atomic E-state index is 12.4. The Bertz CT molecular complexity index is 761. The minimum absolute atomic E-state index is 0.0708. The lowest BCUT2D eigenvalue weighted by Crippen LogP contribution is -2.46. The highest BCUT2D eigenvalue weighted by Gasteiger charge is 2.21. The van der Waals surface area contributed by atoms with Crippen LogP contribution in [0.5, 0.6) is 0 Å². The van der Waals surface area contributed by atoms with Crippen LogP contribution in [0.2, 0.25) is 5.02 Å². The standard InChI is InChI=1S/C17H22ClN5OS2/c1-3-22-7-9-23(10-8-22)16-13(18)5-4-6-14(16)19-15(24)11-25-17-21-20-12(2)26-17/h4-6H,3,7-11H2,1-2H3,(H,19,24). The number of rotatable bonds is 6. The fourth-order valence-electron chi connectivity index (χ4n) is 2.88. The van der Waals surface area contributed by atoms with Crippen molar-refractivity contribution in [1.82, 2.24) is 15.1 Å². The molecule has 1 fully saturated rings. The van der Waals surface area contributed by atoms with Gasteiger partial charge in [0.25, 0.3) is 0 Å². The molecule has 0 aliphatic carbocycles. The summed E-state index contributed by atoms with van der Waals surface area (Å²) in [4.78, 5) is 17.1. The van der Waals surface area contributed by atoms with Crippen molar-refractivity contribution < 1.29 is 4.79 Å². The van der Waals surface area contributed by atoms with E-state index >= 15 is 0 Å². The van der Waals surface area contributed by atoms with Crippen molar-refractivity contribution in [3.8, 4) is 0 Å². The lowest BCUT2D eigenvalue weighted by molar-refractivity contribution is -0.113. The second kappa shape index (κ2) is 9.03. The Kier molecular flexibility index (Phi) is 6.74. The summed E-state index contributed by atoms with van der Waals surface area (Å²) < 4.78 is 0.805. The first kappa shape index (κ1) is 19.4. The van der Waals surface area contributed by atoms with Gasteiger partial charge in [-0.05, 0) is 25.6 Å². The molecule has 1 N–H and O–H groups in total. The third-order valence-corrected chi connectivity index (χ3v) is 6.51. The number of nitrogens with zero attached hydrogens (tertiary/aromatic N) is 4. The molecule has 0 radical (unpaired) electrons. The van der Waals surface area contributed by atoms with Crippen molar-refractivity contribution >= 4 is 52.0 Å². The number of anilines is 2. The highest BCUT2D eigenvalue weighted by molar-refractivity contribution is 8.01. The van der Waals surface area contributed by atoms with Crippen molar-refractivity contribution in [2.24, 2.45) is 0 Å². The Hall–Kier alpha value is -1.35. The molecule has 9 heteroatoms. The van der Waals surface area contributed by atoms with Gasteiger partial charge in [0.2, 0.25) is 5.91 Å². The van der Waals surface area contributed by atoms with Gasteiger partial charge in [0.1, 0.15) is 5.01 Å². The molecule has 2 heterocycles. The van der Waals surface area contributed by atoms with Crippen LogP contribution >= 0.6 is 34.7 Å². The van der Waals surface area contributed by atoms with Crippen molar-refractivity contribution in [1.29, 1.82) is 0 Å². The molecule has 1 aliphatic rings. The number of thioether (sulfide) groups is 1. The second-order valence-electron chi connectivity index (χ2n) is 5.98. The summed E-state index contributed by atoms with van der Waals surface area (Å²) in [6.45, 7) is 8.94. The molecule has 1 aromatic heterocycles. The van der Waals surface area contributed by atoms with Crippen LogP contribution in [-0.4, -0.2) is 59.5 Å². The Balaban J connectivity index is 1.66. The number of piperazine rings is 1. The minimum Gasteiger partial charge on any atom is -0.366 e. The maximum Gasteiger partial charge on any atom is 0.234 e. The van der Waals surface area contributed by atoms with Gasteiger partial charge in [0.05, 0.1) is 22.2 Å². The van der Waals surface area contributed by atoms with Gasteiger partial charge in [0.15, 0.2) is 4.34 Å². The highest BCUT2D eigenvalue weighted by Crippen LogP contribution is 2.35. The minimum atomic E-state index is -0.0708. The summed E-state index contributed by atoms with van der Waals surface area (Å²) >= 11 is 9.35. The molecular formula is C17H22ClN5OS2. The van der Waals surface area contributed by atoms with Crippen molar-refractivity contribution in [3.63, 3.8) is 0 Å². The third-order valence-electron chi connectivity index (χ3n) is 4.23. The third kappa shape index (κ3) is 4.88. The van der Waals surface area contributed by atoms with Crippen LogP contribution in [-0.2, 0) is 4.79 Å². The second-order valence-corrected chi connectivity index (χ2v) is 8.79. The molecule has 0 atom stereocenters. The first-order valence-electron chi connectivity index (χ1n) is 8.55. The summed E-state index contributed by atoms with van der Waals surface area (Å²) in [6, 6.07) is 5.65. The first-order valence-corrected chi connectivity index (χ1v) is 10.7. The molecule has 0 spiro atoms. The lowest BCUT2D eigenvalue weighted by atomic mass is 10.2. The average Bonchev–Trinajstić information content (AvgIpc) is 3.06. The van der Waals surface area contributed by atoms with Crippen LogP contribution in [0, 0.1) is 6.92 Å². The van der Waals surface area contributed by atoms with Crippen LogP contribution in [0.4, 0.5) is 11.4 Å². The molecule has 6 nitrogen and oxygen atoms in total. The van der Waals surface area contributed by atoms with Crippen molar-refractivity contribution in [2.75, 3.05) is 48.7 Å². The van der Waals surface area contributed by atoms with Gasteiger partial charge < -0.3 is 15.1 Å². The van der Waals surface area contributed by atoms with E-state index in [1.807, 2.05) is 25.1 Å². The number of aryl methyl sites for hydroxylation is 1. The van der Waals surface area contributed by atoms with E-state index in [0.29, 0.717) is 10.8 Å². The molecule has 1 saturated heterocycles. The van der Waals surface area contributed by atoms with E-state index < -0.39 is 0 Å². The van der Waals surface area contributed by atoms with Crippen LogP contribution < -0.4 is 10.2 Å². The molecule has 1 amide bonds. The zero-order valence-electron chi connectivity index (χ0n) is 14.9. The molecule has 0 unspecified atom stereocenters. The van der Waals surface area contributed by atoms with Gasteiger partial charge in [-0.2, -0.15) is 0 Å². The summed E-state index contributed by atoms with van der Waals surface area (Å²) in [5.74, 6) is 0.225. The molecule has 0 saturated carbocycles. The van der Waals surface area contributed by atoms with E-state index in [1.54, 1.807) is 0 Å². The lowest BCUT2D eigenvalue weighted by Gasteiger charge is -2.36. The zero-order valence-corrected chi connectivity index (χ0v) is 17.3. The van der Waals surface area contributed by atoms with Crippen LogP contribution in [0.25, 0.3) is 0 Å². The largest absolute Gasteiger partial charge is 0.366 e. The van der Waals surface area contributed by atoms with Gasteiger partial charge in [-0.3, -0.25) is 4.79 Å². The van der Waals surface area contributed by atoms with Crippen molar-refractivity contribution in [3.05, 3.63) is 28.2 Å². The number of hydrogen-bond donors (Lipinski definition) is 1. The number of carbonyl (C=O) groups excluding carboxylic acids is 1. The number of para-hydroxylation sites is 1. The summed E-state index contributed by atoms with van der Waals surface area (Å²) in [5.41, 5.74) is 1.68. The van der Waals surface area contributed by atoms with E-state index in [0.717, 1.165) is 53.4 Å². The van der Waals surface area contributed by atoms with E-state index in [4.69, 9.17) is 11.6 Å². The average molecular weight is 412 g/mol. The summed E-state index contributed by atoms with van der Waals surface area (Å²) in [6.07, 6.45) is 0. The number of aromatic nitrogens is 2. The molecular weight excluding hydrogens is 390 g/mol. The number of halogens is 1. The first-order chi connectivity index (χ1) is 12.6. The Labute approximate surface area is 166 Å². The highest BCUT2D eigenvalue weighted by atomic mass is 35.5. The maximum atomic E-state index is 12.4. The topological polar surface area (TPSA) is 61.4 Å². The monoisotopic (exact) mass is 411 g/mol. The van der Waals surface area contributed by atoms with Gasteiger partial charge in [-0.1, -0.05) is 47.7 Å². The molecule has 26 heavy (non-hydrogen) atoms. The molecule has 2 aromatic rings. The van der Waals surface area contributed by atoms with Gasteiger partial charge >= 0.3 is 0 Å². The van der Waals surface area contributed by atoms with E-state index in [2.05, 4.69) is 32.2 Å². The van der Waals surface area contributed by atoms with Gasteiger partial charge in [0, 0.05) is 26.2 Å². The smallest absolute Gasteiger partial charge is 0.234 e. The molecule has 140 valence electrons. The zero-order chi connectivity index (χ0) is 18.5. The van der Waals surface area contributed by atoms with Crippen LogP contribution in [0.3, 0.4) is 0 Å². The Morgan fingerprint density at radius 1 is 1.31 bits per heavy atom. The van der Waals surface area contributed by atoms with Crippen LogP contribution in [0.15, 0.2) is 22.5 Å². The number of benzene rings is 1. The predicted octanol–water partition coefficient (Wildman–Crippen LogP) is 3.37. The van der Waals surface area contributed by atoms with Gasteiger partial charge in [-0.25, -0.2) is 0 Å². The Morgan fingerprint density at radius 2 is 2.08 bits per heavy atom. The fraction of sp³-hybridized carbons (Fsp3) is 0.471. The number of carbonyl (C=O) groups is 1. The number of hydrogen-bond acceptors (Lipinski definition) is 7. The SMILES string of the molecule is CCN1CCN(c2c(Cl)cccc2NC(=O)CSc2nnc(C)s2)CC1. The summed E-state index contributed by atoms with van der Waals surface area (Å²) in [5, 5.41) is 12.6. The fourth-order valence-corrected chi connectivity index (χ4v) is 4.79. The Morgan fingerprint density at radius 3 is 2.73 bits per heavy atom. The van der Waals surface area contributed by atoms with Gasteiger partial charge in [-0.15, -0.1) is 10.2 Å². The number of amides is 1. The molecule has 3 rings (SSSR count). The van der Waals surface area contributed by atoms with E-state index in [-0.39, 0.29) is 5.91 Å². The predicted molar refractivity (Wildman–Crippen MR) is 110 cm³/mol. The number of likely N-dealkylation sites (N-methyl/N-ethyl adjacent to an activating group) is 1. The normalized spacial score (nSPS) is 15.3. The molecule has 1 aromatic carbocycles. The van der Waals surface area contributed by atoms with E-state index in [9.17, 15) is 4.79 Å². The summed E-state index contributed by atoms with van der Waals surface area (Å²) in [7, 11) is 0. The molecule has 1 aliphatic heterocycles. The van der Waals surface area contributed by atoms with E-state index in [1.165, 1.54) is 23.1 Å². The number of nitrogens with one attached hydrogen (secondary N) is 1.